The number of sulfonamides is 1. The van der Waals surface area contributed by atoms with Crippen LogP contribution < -0.4 is 14.8 Å². The lowest BCUT2D eigenvalue weighted by Gasteiger charge is -2.14. The maximum atomic E-state index is 12.9. The zero-order chi connectivity index (χ0) is 24.1. The Hall–Kier alpha value is -2.83. The number of halogens is 3. The summed E-state index contributed by atoms with van der Waals surface area (Å²) in [5.74, 6) is 0.384. The van der Waals surface area contributed by atoms with E-state index < -0.39 is 28.0 Å². The number of fused-ring (bicyclic) bond motifs is 1. The van der Waals surface area contributed by atoms with E-state index in [0.717, 1.165) is 0 Å². The zero-order valence-corrected chi connectivity index (χ0v) is 18.6. The highest BCUT2D eigenvalue weighted by Gasteiger charge is 2.35. The molecule has 33 heavy (non-hydrogen) atoms. The topological polar surface area (TPSA) is 116 Å². The number of alkyl halides is 3. The van der Waals surface area contributed by atoms with E-state index >= 15 is 0 Å². The monoisotopic (exact) mass is 486 g/mol. The Morgan fingerprint density at radius 1 is 1.21 bits per heavy atom. The van der Waals surface area contributed by atoms with Crippen molar-refractivity contribution in [3.63, 3.8) is 0 Å². The zero-order valence-electron chi connectivity index (χ0n) is 17.8. The number of hydrogen-bond acceptors (Lipinski definition) is 6. The molecule has 1 atom stereocenters. The summed E-state index contributed by atoms with van der Waals surface area (Å²) in [6.45, 7) is 2.55. The van der Waals surface area contributed by atoms with Crippen LogP contribution in [-0.2, 0) is 16.2 Å². The van der Waals surface area contributed by atoms with Crippen molar-refractivity contribution < 1.29 is 31.4 Å². The Labute approximate surface area is 189 Å². The minimum absolute atomic E-state index is 0.0118. The Morgan fingerprint density at radius 2 is 2.00 bits per heavy atom. The van der Waals surface area contributed by atoms with Crippen LogP contribution in [0.3, 0.4) is 0 Å². The highest BCUT2D eigenvalue weighted by atomic mass is 32.2. The number of H-pyrrole nitrogens is 1. The van der Waals surface area contributed by atoms with Crippen molar-refractivity contribution in [3.8, 4) is 5.75 Å². The van der Waals surface area contributed by atoms with E-state index in [1.165, 1.54) is 18.2 Å². The summed E-state index contributed by atoms with van der Waals surface area (Å²) < 4.78 is 70.5. The molecule has 0 saturated heterocycles. The normalized spacial score (nSPS) is 13.2. The molecule has 0 fully saturated rings. The average molecular weight is 487 g/mol. The second-order valence-electron chi connectivity index (χ2n) is 7.39. The van der Waals surface area contributed by atoms with Crippen molar-refractivity contribution in [2.45, 2.75) is 25.6 Å². The molecule has 0 spiro atoms. The van der Waals surface area contributed by atoms with Gasteiger partial charge in [0.2, 0.25) is 10.0 Å². The van der Waals surface area contributed by atoms with E-state index in [1.54, 1.807) is 31.2 Å². The van der Waals surface area contributed by atoms with E-state index in [4.69, 9.17) is 4.74 Å². The smallest absolute Gasteiger partial charge is 0.433 e. The first-order valence-corrected chi connectivity index (χ1v) is 11.9. The summed E-state index contributed by atoms with van der Waals surface area (Å²) in [5, 5.41) is 19.0. The first kappa shape index (κ1) is 24.8. The van der Waals surface area contributed by atoms with E-state index in [0.29, 0.717) is 30.0 Å². The first-order valence-electron chi connectivity index (χ1n) is 10.3. The van der Waals surface area contributed by atoms with Crippen LogP contribution in [0.1, 0.15) is 30.7 Å². The Balaban J connectivity index is 1.47. The summed E-state index contributed by atoms with van der Waals surface area (Å²) >= 11 is 0. The highest BCUT2D eigenvalue weighted by molar-refractivity contribution is 7.92. The van der Waals surface area contributed by atoms with Gasteiger partial charge in [-0.25, -0.2) is 8.42 Å². The van der Waals surface area contributed by atoms with Crippen LogP contribution in [0, 0.1) is 0 Å². The van der Waals surface area contributed by atoms with Gasteiger partial charge in [0, 0.05) is 30.2 Å². The van der Waals surface area contributed by atoms with Crippen molar-refractivity contribution in [1.82, 2.24) is 15.5 Å². The van der Waals surface area contributed by atoms with Crippen molar-refractivity contribution in [3.05, 3.63) is 53.7 Å². The van der Waals surface area contributed by atoms with Crippen molar-refractivity contribution >= 4 is 26.6 Å². The largest absolute Gasteiger partial charge is 0.492 e. The Bertz CT molecular complexity index is 1180. The minimum Gasteiger partial charge on any atom is -0.492 e. The molecule has 3 rings (SSSR count). The van der Waals surface area contributed by atoms with E-state index in [9.17, 15) is 26.7 Å². The number of aromatic amines is 1. The van der Waals surface area contributed by atoms with E-state index in [-0.39, 0.29) is 29.8 Å². The molecule has 0 radical (unpaired) electrons. The van der Waals surface area contributed by atoms with Crippen molar-refractivity contribution in [2.24, 2.45) is 0 Å². The number of benzene rings is 2. The molecule has 0 aliphatic carbocycles. The molecule has 4 N–H and O–H groups in total. The number of hydrogen-bond donors (Lipinski definition) is 4. The molecule has 1 aromatic heterocycles. The number of nitrogens with zero attached hydrogens (tertiary/aromatic N) is 1. The number of aromatic nitrogens is 2. The predicted molar refractivity (Wildman–Crippen MR) is 119 cm³/mol. The van der Waals surface area contributed by atoms with Crippen LogP contribution in [0.25, 0.3) is 10.9 Å². The molecular weight excluding hydrogens is 461 g/mol. The molecule has 8 nitrogen and oxygen atoms in total. The summed E-state index contributed by atoms with van der Waals surface area (Å²) in [4.78, 5) is 0. The SMILES string of the molecule is CCCS(=O)(=O)Nc1cccc(C(O)CNCCOc2ccc3c(C(F)(F)F)[nH]nc3c2)c1. The first-order chi connectivity index (χ1) is 15.6. The van der Waals surface area contributed by atoms with Gasteiger partial charge in [-0.3, -0.25) is 9.82 Å². The van der Waals surface area contributed by atoms with Gasteiger partial charge in [0.25, 0.3) is 0 Å². The number of nitrogens with one attached hydrogen (secondary N) is 3. The van der Waals surface area contributed by atoms with Gasteiger partial charge in [0.1, 0.15) is 18.1 Å². The molecule has 180 valence electrons. The second kappa shape index (κ2) is 10.4. The fraction of sp³-hybridized carbons (Fsp3) is 0.381. The maximum Gasteiger partial charge on any atom is 0.433 e. The van der Waals surface area contributed by atoms with Crippen LogP contribution in [0.2, 0.25) is 0 Å². The summed E-state index contributed by atoms with van der Waals surface area (Å²) in [5.41, 5.74) is 0.176. The molecule has 0 bridgehead atoms. The van der Waals surface area contributed by atoms with Crippen LogP contribution in [0.4, 0.5) is 18.9 Å². The Morgan fingerprint density at radius 3 is 2.73 bits per heavy atom. The van der Waals surface area contributed by atoms with Gasteiger partial charge in [-0.15, -0.1) is 0 Å². The Kier molecular flexibility index (Phi) is 7.82. The molecule has 0 aliphatic heterocycles. The molecule has 1 unspecified atom stereocenters. The molecular formula is C21H25F3N4O4S. The lowest BCUT2D eigenvalue weighted by molar-refractivity contribution is -0.139. The number of anilines is 1. The van der Waals surface area contributed by atoms with Crippen LogP contribution in [-0.4, -0.2) is 49.2 Å². The second-order valence-corrected chi connectivity index (χ2v) is 9.23. The van der Waals surface area contributed by atoms with Crippen LogP contribution in [0.5, 0.6) is 5.75 Å². The lowest BCUT2D eigenvalue weighted by Crippen LogP contribution is -2.26. The molecule has 0 amide bonds. The quantitative estimate of drug-likeness (QED) is 0.309. The average Bonchev–Trinajstić information content (AvgIpc) is 3.17. The fourth-order valence-electron chi connectivity index (χ4n) is 3.20. The predicted octanol–water partition coefficient (Wildman–Crippen LogP) is 3.44. The maximum absolute atomic E-state index is 12.9. The highest BCUT2D eigenvalue weighted by Crippen LogP contribution is 2.34. The van der Waals surface area contributed by atoms with Gasteiger partial charge >= 0.3 is 6.18 Å². The van der Waals surface area contributed by atoms with Crippen molar-refractivity contribution in [2.75, 3.05) is 30.2 Å². The molecule has 3 aromatic rings. The van der Waals surface area contributed by atoms with Gasteiger partial charge in [-0.2, -0.15) is 18.3 Å². The number of aliphatic hydroxyl groups is 1. The third kappa shape index (κ3) is 6.83. The molecule has 0 aliphatic rings. The third-order valence-corrected chi connectivity index (χ3v) is 6.21. The van der Waals surface area contributed by atoms with Gasteiger partial charge in [-0.05, 0) is 36.2 Å². The standard InChI is InChI=1S/C21H25F3N4O4S/c1-2-10-33(30,31)28-15-5-3-4-14(11-15)19(29)13-25-8-9-32-16-6-7-17-18(12-16)26-27-20(17)21(22,23)24/h3-7,11-12,19,25,28-29H,2,8-10,13H2,1H3,(H,26,27). The minimum atomic E-state index is -4.51. The summed E-state index contributed by atoms with van der Waals surface area (Å²) in [7, 11) is -3.42. The number of ether oxygens (including phenoxy) is 1. The number of rotatable bonds is 11. The third-order valence-electron chi connectivity index (χ3n) is 4.71. The van der Waals surface area contributed by atoms with Crippen LogP contribution in [0.15, 0.2) is 42.5 Å². The molecule has 2 aromatic carbocycles. The summed E-state index contributed by atoms with van der Waals surface area (Å²) in [6, 6.07) is 10.7. The van der Waals surface area contributed by atoms with Gasteiger partial charge in [0.15, 0.2) is 0 Å². The van der Waals surface area contributed by atoms with Crippen LogP contribution >= 0.6 is 0 Å². The fourth-order valence-corrected chi connectivity index (χ4v) is 4.33. The number of aliphatic hydroxyl groups excluding tert-OH is 1. The molecule has 1 heterocycles. The van der Waals surface area contributed by atoms with Gasteiger partial charge in [0.05, 0.1) is 17.4 Å². The molecule has 12 heteroatoms. The van der Waals surface area contributed by atoms with Gasteiger partial charge in [-0.1, -0.05) is 19.1 Å². The summed E-state index contributed by atoms with van der Waals surface area (Å²) in [6.07, 6.45) is -4.89. The van der Waals surface area contributed by atoms with E-state index in [2.05, 4.69) is 15.1 Å². The van der Waals surface area contributed by atoms with E-state index in [1.807, 2.05) is 5.10 Å². The molecule has 0 saturated carbocycles. The van der Waals surface area contributed by atoms with Gasteiger partial charge < -0.3 is 15.2 Å². The van der Waals surface area contributed by atoms with Crippen molar-refractivity contribution in [1.29, 1.82) is 0 Å². The lowest BCUT2D eigenvalue weighted by atomic mass is 10.1.